The first-order valence-corrected chi connectivity index (χ1v) is 6.82. The number of para-hydroxylation sites is 2. The number of halogens is 1. The molecule has 0 atom stereocenters. The van der Waals surface area contributed by atoms with E-state index >= 15 is 0 Å². The average molecular weight is 288 g/mol. The highest BCUT2D eigenvalue weighted by Gasteiger charge is 2.09. The maximum atomic E-state index is 6.20. The van der Waals surface area contributed by atoms with Gasteiger partial charge in [-0.3, -0.25) is 5.01 Å². The molecule has 0 aliphatic rings. The number of nitrogens with one attached hydrogen (secondary N) is 1. The summed E-state index contributed by atoms with van der Waals surface area (Å²) in [5.74, 6) is 0. The van der Waals surface area contributed by atoms with E-state index in [9.17, 15) is 0 Å². The van der Waals surface area contributed by atoms with Gasteiger partial charge in [0.2, 0.25) is 0 Å². The number of hydrogen-bond acceptors (Lipinski definition) is 3. The quantitative estimate of drug-likeness (QED) is 0.673. The smallest absolute Gasteiger partial charge is 0.0672 e. The number of nitrogens with zero attached hydrogens (tertiary/aromatic N) is 2. The summed E-state index contributed by atoms with van der Waals surface area (Å²) in [6, 6.07) is 15.8. The molecule has 2 aromatic carbocycles. The third-order valence-electron chi connectivity index (χ3n) is 3.08. The molecule has 20 heavy (non-hydrogen) atoms. The van der Waals surface area contributed by atoms with Crippen LogP contribution in [0.25, 0.3) is 0 Å². The molecule has 2 aromatic rings. The van der Waals surface area contributed by atoms with Crippen LogP contribution in [0.1, 0.15) is 12.5 Å². The topological polar surface area (TPSA) is 27.6 Å². The Morgan fingerprint density at radius 1 is 1.10 bits per heavy atom. The Labute approximate surface area is 124 Å². The molecule has 4 heteroatoms. The van der Waals surface area contributed by atoms with E-state index in [-0.39, 0.29) is 0 Å². The summed E-state index contributed by atoms with van der Waals surface area (Å²) < 4.78 is 0. The molecule has 0 fully saturated rings. The van der Waals surface area contributed by atoms with Crippen molar-refractivity contribution in [3.63, 3.8) is 0 Å². The molecule has 0 radical (unpaired) electrons. The lowest BCUT2D eigenvalue weighted by atomic mass is 10.1. The standard InChI is InChI=1S/C16H18ClN3/c1-12(14-10-7-11-15(17)16(14)18-2)19-20(3)13-8-5-4-6-9-13/h4-11,18H,1-3H3/b19-12-. The second-order valence-corrected chi connectivity index (χ2v) is 4.86. The predicted octanol–water partition coefficient (Wildman–Crippen LogP) is 4.24. The molecule has 3 nitrogen and oxygen atoms in total. The van der Waals surface area contributed by atoms with Gasteiger partial charge in [-0.25, -0.2) is 0 Å². The summed E-state index contributed by atoms with van der Waals surface area (Å²) in [6.45, 7) is 1.98. The Hall–Kier alpha value is -2.00. The van der Waals surface area contributed by atoms with E-state index in [1.165, 1.54) is 0 Å². The Bertz CT molecular complexity index is 608. The van der Waals surface area contributed by atoms with E-state index in [1.54, 1.807) is 0 Å². The van der Waals surface area contributed by atoms with Crippen LogP contribution < -0.4 is 10.3 Å². The van der Waals surface area contributed by atoms with Crippen molar-refractivity contribution >= 4 is 28.7 Å². The van der Waals surface area contributed by atoms with Crippen LogP contribution in [0.3, 0.4) is 0 Å². The number of hydrogen-bond donors (Lipinski definition) is 1. The van der Waals surface area contributed by atoms with Gasteiger partial charge in [0.1, 0.15) is 0 Å². The monoisotopic (exact) mass is 287 g/mol. The number of hydrazone groups is 1. The Balaban J connectivity index is 2.34. The number of rotatable bonds is 4. The third kappa shape index (κ3) is 3.11. The van der Waals surface area contributed by atoms with Gasteiger partial charge in [-0.1, -0.05) is 41.9 Å². The first-order chi connectivity index (χ1) is 9.63. The molecule has 0 unspecified atom stereocenters. The molecule has 0 heterocycles. The van der Waals surface area contributed by atoms with Crippen molar-refractivity contribution in [2.24, 2.45) is 5.10 Å². The Morgan fingerprint density at radius 2 is 1.80 bits per heavy atom. The summed E-state index contributed by atoms with van der Waals surface area (Å²) in [5, 5.41) is 10.3. The van der Waals surface area contributed by atoms with Gasteiger partial charge in [-0.2, -0.15) is 5.10 Å². The normalized spacial score (nSPS) is 11.3. The summed E-state index contributed by atoms with van der Waals surface area (Å²) in [5.41, 5.74) is 3.85. The maximum Gasteiger partial charge on any atom is 0.0672 e. The van der Waals surface area contributed by atoms with E-state index in [0.29, 0.717) is 5.02 Å². The SMILES string of the molecule is CNc1c(Cl)cccc1/C(C)=N\N(C)c1ccccc1. The molecule has 0 bridgehead atoms. The Kier molecular flexibility index (Phi) is 4.64. The fraction of sp³-hybridized carbons (Fsp3) is 0.188. The van der Waals surface area contributed by atoms with Crippen LogP contribution in [0.2, 0.25) is 5.02 Å². The predicted molar refractivity (Wildman–Crippen MR) is 88.1 cm³/mol. The molecular formula is C16H18ClN3. The van der Waals surface area contributed by atoms with Crippen molar-refractivity contribution in [3.8, 4) is 0 Å². The zero-order chi connectivity index (χ0) is 14.5. The molecule has 1 N–H and O–H groups in total. The first kappa shape index (κ1) is 14.4. The highest BCUT2D eigenvalue weighted by atomic mass is 35.5. The summed E-state index contributed by atoms with van der Waals surface area (Å²) in [7, 11) is 3.79. The zero-order valence-corrected chi connectivity index (χ0v) is 12.6. The molecule has 0 spiro atoms. The van der Waals surface area contributed by atoms with E-state index < -0.39 is 0 Å². The van der Waals surface area contributed by atoms with Gasteiger partial charge in [-0.05, 0) is 25.1 Å². The van der Waals surface area contributed by atoms with Crippen molar-refractivity contribution in [1.29, 1.82) is 0 Å². The molecule has 0 saturated carbocycles. The third-order valence-corrected chi connectivity index (χ3v) is 3.40. The van der Waals surface area contributed by atoms with Crippen molar-refractivity contribution in [2.45, 2.75) is 6.92 Å². The molecule has 2 rings (SSSR count). The minimum absolute atomic E-state index is 0.696. The minimum atomic E-state index is 0.696. The van der Waals surface area contributed by atoms with Crippen LogP contribution in [0.4, 0.5) is 11.4 Å². The number of anilines is 2. The van der Waals surface area contributed by atoms with Crippen LogP contribution in [0, 0.1) is 0 Å². The average Bonchev–Trinajstić information content (AvgIpc) is 2.47. The van der Waals surface area contributed by atoms with Crippen molar-refractivity contribution in [1.82, 2.24) is 0 Å². The van der Waals surface area contributed by atoms with Crippen LogP contribution in [-0.2, 0) is 0 Å². The summed E-state index contributed by atoms with van der Waals surface area (Å²) in [6.07, 6.45) is 0. The van der Waals surface area contributed by atoms with Gasteiger partial charge < -0.3 is 5.32 Å². The molecule has 0 aliphatic carbocycles. The van der Waals surface area contributed by atoms with E-state index in [0.717, 1.165) is 22.6 Å². The van der Waals surface area contributed by atoms with Crippen LogP contribution in [0.15, 0.2) is 53.6 Å². The summed E-state index contributed by atoms with van der Waals surface area (Å²) in [4.78, 5) is 0. The highest BCUT2D eigenvalue weighted by molar-refractivity contribution is 6.34. The van der Waals surface area contributed by atoms with Crippen LogP contribution in [0.5, 0.6) is 0 Å². The minimum Gasteiger partial charge on any atom is -0.386 e. The van der Waals surface area contributed by atoms with Gasteiger partial charge >= 0.3 is 0 Å². The largest absolute Gasteiger partial charge is 0.386 e. The molecule has 0 aromatic heterocycles. The lowest BCUT2D eigenvalue weighted by Gasteiger charge is -2.16. The van der Waals surface area contributed by atoms with Crippen LogP contribution in [-0.4, -0.2) is 19.8 Å². The van der Waals surface area contributed by atoms with Crippen molar-refractivity contribution in [2.75, 3.05) is 24.4 Å². The fourth-order valence-corrected chi connectivity index (χ4v) is 2.33. The van der Waals surface area contributed by atoms with Crippen molar-refractivity contribution in [3.05, 3.63) is 59.1 Å². The lowest BCUT2D eigenvalue weighted by Crippen LogP contribution is -2.13. The Morgan fingerprint density at radius 3 is 2.45 bits per heavy atom. The molecular weight excluding hydrogens is 270 g/mol. The van der Waals surface area contributed by atoms with E-state index in [1.807, 2.05) is 74.6 Å². The second-order valence-electron chi connectivity index (χ2n) is 4.46. The summed E-state index contributed by atoms with van der Waals surface area (Å²) >= 11 is 6.20. The maximum absolute atomic E-state index is 6.20. The molecule has 0 amide bonds. The van der Waals surface area contributed by atoms with Crippen LogP contribution >= 0.6 is 11.6 Å². The van der Waals surface area contributed by atoms with Gasteiger partial charge in [0.05, 0.1) is 22.1 Å². The highest BCUT2D eigenvalue weighted by Crippen LogP contribution is 2.26. The fourth-order valence-electron chi connectivity index (χ4n) is 2.06. The zero-order valence-electron chi connectivity index (χ0n) is 11.9. The van der Waals surface area contributed by atoms with Gasteiger partial charge in [0, 0.05) is 19.7 Å². The van der Waals surface area contributed by atoms with Gasteiger partial charge in [0.15, 0.2) is 0 Å². The second kappa shape index (κ2) is 6.44. The van der Waals surface area contributed by atoms with E-state index in [2.05, 4.69) is 10.4 Å². The van der Waals surface area contributed by atoms with E-state index in [4.69, 9.17) is 11.6 Å². The number of benzene rings is 2. The first-order valence-electron chi connectivity index (χ1n) is 6.44. The van der Waals surface area contributed by atoms with Gasteiger partial charge in [0.25, 0.3) is 0 Å². The molecule has 104 valence electrons. The molecule has 0 saturated heterocycles. The van der Waals surface area contributed by atoms with Crippen molar-refractivity contribution < 1.29 is 0 Å². The molecule has 0 aliphatic heterocycles. The van der Waals surface area contributed by atoms with Gasteiger partial charge in [-0.15, -0.1) is 0 Å². The lowest BCUT2D eigenvalue weighted by molar-refractivity contribution is 1.01.